The van der Waals surface area contributed by atoms with Gasteiger partial charge in [0.2, 0.25) is 0 Å². The number of nitrogens with one attached hydrogen (secondary N) is 1. The van der Waals surface area contributed by atoms with E-state index in [9.17, 15) is 4.79 Å². The van der Waals surface area contributed by atoms with Crippen LogP contribution in [0.4, 0.5) is 10.6 Å². The molecule has 0 fully saturated rings. The number of carboxylic acid groups (broad SMARTS) is 1. The molecule has 1 amide bonds. The third-order valence-corrected chi connectivity index (χ3v) is 2.67. The van der Waals surface area contributed by atoms with Crippen LogP contribution < -0.4 is 5.32 Å². The number of benzene rings is 1. The van der Waals surface area contributed by atoms with Gasteiger partial charge >= 0.3 is 6.09 Å². The summed E-state index contributed by atoms with van der Waals surface area (Å²) in [7, 11) is 0. The second-order valence-corrected chi connectivity index (χ2v) is 3.82. The summed E-state index contributed by atoms with van der Waals surface area (Å²) in [4.78, 5) is 10.7. The summed E-state index contributed by atoms with van der Waals surface area (Å²) in [5.41, 5.74) is 0.854. The van der Waals surface area contributed by atoms with E-state index in [4.69, 9.17) is 21.8 Å². The van der Waals surface area contributed by atoms with Crippen molar-refractivity contribution in [3.05, 3.63) is 41.0 Å². The van der Waals surface area contributed by atoms with E-state index in [2.05, 4.69) is 10.4 Å². The van der Waals surface area contributed by atoms with Gasteiger partial charge in [0.1, 0.15) is 10.7 Å². The maximum Gasteiger partial charge on any atom is 0.410 e. The Labute approximate surface area is 107 Å². The zero-order chi connectivity index (χ0) is 13.1. The number of hydrogen-bond donors (Lipinski definition) is 3. The fourth-order valence-electron chi connectivity index (χ4n) is 1.51. The van der Waals surface area contributed by atoms with E-state index in [1.54, 1.807) is 24.3 Å². The zero-order valence-corrected chi connectivity index (χ0v) is 9.92. The molecule has 1 heterocycles. The van der Waals surface area contributed by atoms with Gasteiger partial charge in [-0.1, -0.05) is 29.8 Å². The summed E-state index contributed by atoms with van der Waals surface area (Å²) in [6.07, 6.45) is -1.25. The smallest absolute Gasteiger partial charge is 0.410 e. The molecular formula is C11H10ClN3O3. The molecule has 0 aliphatic heterocycles. The maximum atomic E-state index is 10.7. The molecule has 0 saturated heterocycles. The lowest BCUT2D eigenvalue weighted by Gasteiger charge is -2.06. The summed E-state index contributed by atoms with van der Waals surface area (Å²) in [5.74, 6) is 0.111. The third-order valence-electron chi connectivity index (χ3n) is 2.27. The normalized spacial score (nSPS) is 10.3. The van der Waals surface area contributed by atoms with Gasteiger partial charge in [-0.15, -0.1) is 0 Å². The Bertz CT molecular complexity index is 568. The van der Waals surface area contributed by atoms with Crippen LogP contribution in [0.15, 0.2) is 30.3 Å². The lowest BCUT2D eigenvalue weighted by Crippen LogP contribution is -2.12. The number of nitrogens with zero attached hydrogens (tertiary/aromatic N) is 2. The van der Waals surface area contributed by atoms with Crippen molar-refractivity contribution in [3.63, 3.8) is 0 Å². The van der Waals surface area contributed by atoms with Gasteiger partial charge < -0.3 is 10.2 Å². The van der Waals surface area contributed by atoms with Crippen molar-refractivity contribution in [1.82, 2.24) is 9.78 Å². The van der Waals surface area contributed by atoms with Crippen LogP contribution in [-0.2, 0) is 6.61 Å². The average molecular weight is 268 g/mol. The minimum Gasteiger partial charge on any atom is -0.465 e. The highest BCUT2D eigenvalue weighted by Gasteiger charge is 2.18. The number of halogens is 1. The highest BCUT2D eigenvalue weighted by atomic mass is 35.5. The largest absolute Gasteiger partial charge is 0.465 e. The lowest BCUT2D eigenvalue weighted by atomic mass is 10.3. The molecule has 0 spiro atoms. The number of amides is 1. The van der Waals surface area contributed by atoms with E-state index < -0.39 is 6.09 Å². The molecule has 94 valence electrons. The summed E-state index contributed by atoms with van der Waals surface area (Å²) in [6, 6.07) is 8.89. The fourth-order valence-corrected chi connectivity index (χ4v) is 1.74. The number of hydrogen-bond acceptors (Lipinski definition) is 3. The molecule has 0 aliphatic rings. The van der Waals surface area contributed by atoms with Crippen molar-refractivity contribution in [3.8, 4) is 5.69 Å². The second kappa shape index (κ2) is 5.07. The zero-order valence-electron chi connectivity index (χ0n) is 9.17. The molecule has 6 nitrogen and oxygen atoms in total. The summed E-state index contributed by atoms with van der Waals surface area (Å²) in [6.45, 7) is -0.368. The molecule has 2 rings (SSSR count). The first kappa shape index (κ1) is 12.4. The lowest BCUT2D eigenvalue weighted by molar-refractivity contribution is 0.209. The molecular weight excluding hydrogens is 258 g/mol. The number of carbonyl (C=O) groups is 1. The average Bonchev–Trinajstić information content (AvgIpc) is 2.67. The molecule has 3 N–H and O–H groups in total. The topological polar surface area (TPSA) is 87.4 Å². The highest BCUT2D eigenvalue weighted by Crippen LogP contribution is 2.28. The molecule has 2 aromatic rings. The molecule has 0 atom stereocenters. The third kappa shape index (κ3) is 2.29. The molecule has 1 aromatic heterocycles. The van der Waals surface area contributed by atoms with Crippen molar-refractivity contribution in [2.24, 2.45) is 0 Å². The molecule has 0 aliphatic carbocycles. The first-order valence-electron chi connectivity index (χ1n) is 5.07. The van der Waals surface area contributed by atoms with Crippen molar-refractivity contribution in [2.45, 2.75) is 6.61 Å². The number of anilines is 1. The van der Waals surface area contributed by atoms with Gasteiger partial charge in [-0.2, -0.15) is 5.10 Å². The van der Waals surface area contributed by atoms with Gasteiger partial charge in [-0.25, -0.2) is 9.48 Å². The van der Waals surface area contributed by atoms with Crippen molar-refractivity contribution < 1.29 is 15.0 Å². The maximum absolute atomic E-state index is 10.7. The number of rotatable bonds is 3. The Morgan fingerprint density at radius 2 is 2.06 bits per heavy atom. The molecule has 0 saturated carbocycles. The van der Waals surface area contributed by atoms with Gasteiger partial charge in [0.25, 0.3) is 0 Å². The van der Waals surface area contributed by atoms with Crippen LogP contribution in [0.3, 0.4) is 0 Å². The quantitative estimate of drug-likeness (QED) is 0.795. The number of aliphatic hydroxyl groups excluding tert-OH is 1. The minimum atomic E-state index is -1.25. The summed E-state index contributed by atoms with van der Waals surface area (Å²) in [5, 5.41) is 24.2. The van der Waals surface area contributed by atoms with E-state index in [-0.39, 0.29) is 23.1 Å². The van der Waals surface area contributed by atoms with E-state index in [1.807, 2.05) is 6.07 Å². The first-order chi connectivity index (χ1) is 8.63. The Hall–Kier alpha value is -2.05. The molecule has 0 unspecified atom stereocenters. The Balaban J connectivity index is 2.55. The fraction of sp³-hybridized carbons (Fsp3) is 0.0909. The summed E-state index contributed by atoms with van der Waals surface area (Å²) < 4.78 is 1.34. The Morgan fingerprint density at radius 1 is 1.39 bits per heavy atom. The van der Waals surface area contributed by atoms with Gasteiger partial charge in [-0.05, 0) is 12.1 Å². The van der Waals surface area contributed by atoms with Gasteiger partial charge in [0, 0.05) is 0 Å². The van der Waals surface area contributed by atoms with Crippen molar-refractivity contribution in [2.75, 3.05) is 5.32 Å². The minimum absolute atomic E-state index is 0.0868. The van der Waals surface area contributed by atoms with Crippen LogP contribution >= 0.6 is 11.6 Å². The number of aromatic nitrogens is 2. The van der Waals surface area contributed by atoms with Crippen molar-refractivity contribution in [1.29, 1.82) is 0 Å². The molecule has 1 aromatic carbocycles. The number of aliphatic hydroxyl groups is 1. The van der Waals surface area contributed by atoms with Gasteiger partial charge in [-0.3, -0.25) is 5.32 Å². The monoisotopic (exact) mass is 267 g/mol. The molecule has 7 heteroatoms. The molecule has 0 bridgehead atoms. The van der Waals surface area contributed by atoms with E-state index >= 15 is 0 Å². The van der Waals surface area contributed by atoms with Crippen molar-refractivity contribution >= 4 is 23.5 Å². The van der Waals surface area contributed by atoms with E-state index in [1.165, 1.54) is 4.68 Å². The van der Waals surface area contributed by atoms with Gasteiger partial charge in [0.05, 0.1) is 12.3 Å². The Kier molecular flexibility index (Phi) is 3.50. The van der Waals surface area contributed by atoms with Crippen LogP contribution in [0, 0.1) is 0 Å². The number of para-hydroxylation sites is 1. The highest BCUT2D eigenvalue weighted by molar-refractivity contribution is 6.34. The van der Waals surface area contributed by atoms with Crippen LogP contribution in [0.25, 0.3) is 5.69 Å². The molecule has 18 heavy (non-hydrogen) atoms. The predicted molar refractivity (Wildman–Crippen MR) is 66.1 cm³/mol. The molecule has 0 radical (unpaired) electrons. The summed E-state index contributed by atoms with van der Waals surface area (Å²) >= 11 is 5.95. The van der Waals surface area contributed by atoms with Crippen LogP contribution in [0.5, 0.6) is 0 Å². The van der Waals surface area contributed by atoms with E-state index in [0.717, 1.165) is 0 Å². The van der Waals surface area contributed by atoms with Crippen LogP contribution in [-0.4, -0.2) is 26.1 Å². The van der Waals surface area contributed by atoms with Gasteiger partial charge in [0.15, 0.2) is 5.82 Å². The van der Waals surface area contributed by atoms with Crippen LogP contribution in [0.2, 0.25) is 5.02 Å². The SMILES string of the molecule is O=C(O)Nc1c(Cl)c(CO)nn1-c1ccccc1. The van der Waals surface area contributed by atoms with Crippen LogP contribution in [0.1, 0.15) is 5.69 Å². The first-order valence-corrected chi connectivity index (χ1v) is 5.45. The standard InChI is InChI=1S/C11H10ClN3O3/c12-9-8(6-16)14-15(10(9)13-11(17)18)7-4-2-1-3-5-7/h1-5,13,16H,6H2,(H,17,18). The second-order valence-electron chi connectivity index (χ2n) is 3.44. The Morgan fingerprint density at radius 3 is 2.61 bits per heavy atom. The predicted octanol–water partition coefficient (Wildman–Crippen LogP) is 2.11. The van der Waals surface area contributed by atoms with E-state index in [0.29, 0.717) is 5.69 Å².